The van der Waals surface area contributed by atoms with Gasteiger partial charge in [0.15, 0.2) is 0 Å². The maximum Gasteiger partial charge on any atom is 0.412 e. The third kappa shape index (κ3) is 2.43. The van der Waals surface area contributed by atoms with Crippen LogP contribution in [0.4, 0.5) is 4.79 Å². The predicted molar refractivity (Wildman–Crippen MR) is 106 cm³/mol. The molecule has 4 nitrogen and oxygen atoms in total. The van der Waals surface area contributed by atoms with Crippen molar-refractivity contribution < 1.29 is 9.90 Å². The minimum atomic E-state index is -0.864. The summed E-state index contributed by atoms with van der Waals surface area (Å²) >= 11 is 0. The van der Waals surface area contributed by atoms with Crippen LogP contribution in [0.2, 0.25) is 0 Å². The fourth-order valence-electron chi connectivity index (χ4n) is 5.83. The Morgan fingerprint density at radius 2 is 1.93 bits per heavy atom. The summed E-state index contributed by atoms with van der Waals surface area (Å²) < 4.78 is 0. The molecule has 27 heavy (non-hydrogen) atoms. The van der Waals surface area contributed by atoms with Crippen molar-refractivity contribution in [2.45, 2.75) is 31.2 Å². The topological polar surface area (TPSA) is 43.8 Å². The molecular formula is C23H26N2O2. The van der Waals surface area contributed by atoms with Gasteiger partial charge >= 0.3 is 6.09 Å². The molecule has 1 amide bonds. The van der Waals surface area contributed by atoms with Crippen LogP contribution in [0.3, 0.4) is 0 Å². The highest BCUT2D eigenvalue weighted by molar-refractivity contribution is 5.76. The molecule has 5 aliphatic rings. The smallest absolute Gasteiger partial charge is 0.412 e. The number of rotatable bonds is 2. The zero-order chi connectivity index (χ0) is 18.4. The fraction of sp³-hybridized carbons (Fsp3) is 0.435. The molecule has 4 heteroatoms. The molecule has 6 rings (SSSR count). The minimum Gasteiger partial charge on any atom is -0.465 e. The van der Waals surface area contributed by atoms with E-state index in [4.69, 9.17) is 0 Å². The summed E-state index contributed by atoms with van der Waals surface area (Å²) in [4.78, 5) is 16.6. The predicted octanol–water partition coefficient (Wildman–Crippen LogP) is 4.46. The van der Waals surface area contributed by atoms with E-state index >= 15 is 0 Å². The Hall–Kier alpha value is -2.33. The van der Waals surface area contributed by atoms with Gasteiger partial charge < -0.3 is 10.0 Å². The molecule has 2 unspecified atom stereocenters. The zero-order valence-electron chi connectivity index (χ0n) is 15.6. The van der Waals surface area contributed by atoms with Crippen LogP contribution in [-0.2, 0) is 5.54 Å². The monoisotopic (exact) mass is 362 g/mol. The first-order valence-electron chi connectivity index (χ1n) is 10.1. The van der Waals surface area contributed by atoms with Crippen molar-refractivity contribution in [1.29, 1.82) is 0 Å². The standard InChI is InChI=1S/C23H26N2O2/c26-22(27)25-15-12-17-6-4-5-9-20(17)23(25,19-7-2-1-3-8-19)21-16-24-13-10-18(21)11-14-24/h2,4-9,12,15,18,21H,1,3,10-11,13-14,16H2,(H,26,27). The maximum atomic E-state index is 12.5. The molecule has 3 fully saturated rings. The Balaban J connectivity index is 1.78. The van der Waals surface area contributed by atoms with Gasteiger partial charge in [0.05, 0.1) is 0 Å². The number of amides is 1. The summed E-state index contributed by atoms with van der Waals surface area (Å²) in [6.45, 7) is 3.27. The molecule has 0 spiro atoms. The molecule has 0 radical (unpaired) electrons. The first kappa shape index (κ1) is 16.8. The lowest BCUT2D eigenvalue weighted by atomic mass is 9.60. The summed E-state index contributed by atoms with van der Waals surface area (Å²) in [7, 11) is 0. The Morgan fingerprint density at radius 3 is 2.59 bits per heavy atom. The molecule has 2 bridgehead atoms. The van der Waals surface area contributed by atoms with Gasteiger partial charge in [-0.25, -0.2) is 4.79 Å². The van der Waals surface area contributed by atoms with Crippen LogP contribution in [-0.4, -0.2) is 40.6 Å². The molecule has 0 aromatic heterocycles. The summed E-state index contributed by atoms with van der Waals surface area (Å²) in [5.41, 5.74) is 2.82. The van der Waals surface area contributed by atoms with Crippen molar-refractivity contribution in [1.82, 2.24) is 9.80 Å². The number of carboxylic acid groups (broad SMARTS) is 1. The number of benzene rings is 1. The van der Waals surface area contributed by atoms with Crippen molar-refractivity contribution in [2.75, 3.05) is 19.6 Å². The Morgan fingerprint density at radius 1 is 1.11 bits per heavy atom. The van der Waals surface area contributed by atoms with Gasteiger partial charge in [0.25, 0.3) is 0 Å². The van der Waals surface area contributed by atoms with Crippen LogP contribution >= 0.6 is 0 Å². The second kappa shape index (κ2) is 6.38. The minimum absolute atomic E-state index is 0.274. The highest BCUT2D eigenvalue weighted by atomic mass is 16.4. The molecule has 3 saturated heterocycles. The van der Waals surface area contributed by atoms with Gasteiger partial charge in [-0.15, -0.1) is 0 Å². The summed E-state index contributed by atoms with van der Waals surface area (Å²) in [6.07, 6.45) is 13.9. The molecule has 1 aromatic rings. The SMILES string of the molecule is O=C(O)N1C=Cc2ccccc2C1(C1=CCCC=C1)C1CN2CCC1CC2. The van der Waals surface area contributed by atoms with E-state index in [1.165, 1.54) is 12.8 Å². The molecule has 140 valence electrons. The normalized spacial score (nSPS) is 34.3. The number of hydrogen-bond acceptors (Lipinski definition) is 2. The zero-order valence-corrected chi connectivity index (χ0v) is 15.6. The van der Waals surface area contributed by atoms with Gasteiger partial charge in [-0.05, 0) is 67.5 Å². The summed E-state index contributed by atoms with van der Waals surface area (Å²) in [6, 6.07) is 8.37. The van der Waals surface area contributed by atoms with Gasteiger partial charge in [0.1, 0.15) is 5.54 Å². The van der Waals surface area contributed by atoms with Crippen LogP contribution in [0.5, 0.6) is 0 Å². The number of allylic oxidation sites excluding steroid dienone is 2. The van der Waals surface area contributed by atoms with Gasteiger partial charge in [-0.1, -0.05) is 42.5 Å². The van der Waals surface area contributed by atoms with Crippen molar-refractivity contribution in [3.63, 3.8) is 0 Å². The Bertz CT molecular complexity index is 848. The van der Waals surface area contributed by atoms with Gasteiger partial charge in [0.2, 0.25) is 0 Å². The van der Waals surface area contributed by atoms with Crippen LogP contribution in [0, 0.1) is 11.8 Å². The van der Waals surface area contributed by atoms with E-state index in [9.17, 15) is 9.90 Å². The third-order valence-electron chi connectivity index (χ3n) is 6.99. The van der Waals surface area contributed by atoms with E-state index in [-0.39, 0.29) is 5.92 Å². The fourth-order valence-corrected chi connectivity index (χ4v) is 5.83. The summed E-state index contributed by atoms with van der Waals surface area (Å²) in [5, 5.41) is 10.2. The number of carbonyl (C=O) groups is 1. The molecule has 1 aromatic carbocycles. The van der Waals surface area contributed by atoms with Crippen molar-refractivity contribution in [3.05, 3.63) is 65.4 Å². The number of piperidine rings is 3. The molecule has 1 N–H and O–H groups in total. The molecule has 4 aliphatic heterocycles. The van der Waals surface area contributed by atoms with E-state index < -0.39 is 11.6 Å². The molecule has 2 atom stereocenters. The van der Waals surface area contributed by atoms with E-state index in [2.05, 4.69) is 41.3 Å². The lowest BCUT2D eigenvalue weighted by Gasteiger charge is -2.57. The van der Waals surface area contributed by atoms with Crippen LogP contribution in [0.25, 0.3) is 6.08 Å². The second-order valence-corrected chi connectivity index (χ2v) is 8.21. The highest BCUT2D eigenvalue weighted by Crippen LogP contribution is 2.54. The molecule has 0 saturated carbocycles. The van der Waals surface area contributed by atoms with E-state index in [0.29, 0.717) is 5.92 Å². The number of nitrogens with zero attached hydrogens (tertiary/aromatic N) is 2. The average Bonchev–Trinajstić information content (AvgIpc) is 2.74. The highest BCUT2D eigenvalue weighted by Gasteiger charge is 2.56. The first-order valence-corrected chi connectivity index (χ1v) is 10.1. The van der Waals surface area contributed by atoms with Crippen molar-refractivity contribution in [2.24, 2.45) is 11.8 Å². The van der Waals surface area contributed by atoms with Gasteiger partial charge in [-0.3, -0.25) is 4.90 Å². The van der Waals surface area contributed by atoms with Gasteiger partial charge in [0, 0.05) is 18.7 Å². The first-order chi connectivity index (χ1) is 13.2. The van der Waals surface area contributed by atoms with E-state index in [1.54, 1.807) is 11.1 Å². The number of fused-ring (bicyclic) bond motifs is 4. The Labute approximate surface area is 160 Å². The third-order valence-corrected chi connectivity index (χ3v) is 6.99. The average molecular weight is 362 g/mol. The van der Waals surface area contributed by atoms with Crippen LogP contribution < -0.4 is 0 Å². The molecular weight excluding hydrogens is 336 g/mol. The molecule has 1 aliphatic carbocycles. The maximum absolute atomic E-state index is 12.5. The largest absolute Gasteiger partial charge is 0.465 e. The Kier molecular flexibility index (Phi) is 3.97. The van der Waals surface area contributed by atoms with Crippen LogP contribution in [0.15, 0.2) is 54.3 Å². The number of hydrogen-bond donors (Lipinski definition) is 1. The van der Waals surface area contributed by atoms with Gasteiger partial charge in [-0.2, -0.15) is 0 Å². The lowest BCUT2D eigenvalue weighted by molar-refractivity contribution is -0.0259. The van der Waals surface area contributed by atoms with Crippen molar-refractivity contribution >= 4 is 12.2 Å². The van der Waals surface area contributed by atoms with Crippen molar-refractivity contribution in [3.8, 4) is 0 Å². The molecule has 4 heterocycles. The lowest BCUT2D eigenvalue weighted by Crippen LogP contribution is -2.62. The van der Waals surface area contributed by atoms with E-state index in [0.717, 1.165) is 49.2 Å². The van der Waals surface area contributed by atoms with Crippen LogP contribution in [0.1, 0.15) is 36.8 Å². The quantitative estimate of drug-likeness (QED) is 0.844. The summed E-state index contributed by atoms with van der Waals surface area (Å²) in [5.74, 6) is 0.837. The van der Waals surface area contributed by atoms with E-state index in [1.807, 2.05) is 12.1 Å². The second-order valence-electron chi connectivity index (χ2n) is 8.21.